The van der Waals surface area contributed by atoms with Crippen LogP contribution in [0.15, 0.2) is 42.5 Å². The molecule has 0 unspecified atom stereocenters. The summed E-state index contributed by atoms with van der Waals surface area (Å²) < 4.78 is 5.20. The maximum Gasteiger partial charge on any atom is 0.288 e. The Kier molecular flexibility index (Phi) is 4.70. The highest BCUT2D eigenvalue weighted by atomic mass is 32.2. The van der Waals surface area contributed by atoms with Crippen LogP contribution in [0, 0.1) is 0 Å². The molecule has 0 aromatic heterocycles. The molecule has 2 aromatic carbocycles. The Morgan fingerprint density at radius 2 is 1.88 bits per heavy atom. The third kappa shape index (κ3) is 3.34. The molecule has 2 aliphatic heterocycles. The number of nitrogens with zero attached hydrogens (tertiary/aromatic N) is 2. The molecule has 0 aliphatic carbocycles. The Hall–Kier alpha value is -2.31. The van der Waals surface area contributed by atoms with Gasteiger partial charge in [0.25, 0.3) is 11.1 Å². The number of carbonyl (C=O) groups excluding carboxylic acids is 2. The van der Waals surface area contributed by atoms with Crippen molar-refractivity contribution >= 4 is 22.9 Å². The number of methoxy groups -OCH3 is 1. The van der Waals surface area contributed by atoms with Crippen LogP contribution in [0.2, 0.25) is 0 Å². The zero-order valence-corrected chi connectivity index (χ0v) is 15.4. The molecule has 2 heterocycles. The number of carbonyl (C=O) groups is 2. The van der Waals surface area contributed by atoms with E-state index in [4.69, 9.17) is 4.74 Å². The van der Waals surface area contributed by atoms with Crippen LogP contribution in [0.5, 0.6) is 5.75 Å². The van der Waals surface area contributed by atoms with Gasteiger partial charge in [-0.3, -0.25) is 19.4 Å². The predicted molar refractivity (Wildman–Crippen MR) is 101 cm³/mol. The summed E-state index contributed by atoms with van der Waals surface area (Å²) in [7, 11) is 1.67. The van der Waals surface area contributed by atoms with Crippen molar-refractivity contribution in [3.8, 4) is 5.75 Å². The second-order valence-electron chi connectivity index (χ2n) is 6.55. The summed E-state index contributed by atoms with van der Waals surface area (Å²) in [4.78, 5) is 28.0. The van der Waals surface area contributed by atoms with E-state index in [1.54, 1.807) is 7.11 Å². The number of thioether (sulfide) groups is 1. The Labute approximate surface area is 156 Å². The van der Waals surface area contributed by atoms with Crippen molar-refractivity contribution in [2.75, 3.05) is 19.4 Å². The topological polar surface area (TPSA) is 49.9 Å². The molecule has 1 fully saturated rings. The second kappa shape index (κ2) is 7.13. The standard InChI is InChI=1S/C20H20N2O3S/c1-25-18-6-2-14(3-7-18)11-21-12-16-5-4-15(10-17(16)13-21)19(23)22-8-9-26-20(22)24/h2-7,10H,8-9,11-13H2,1H3. The molecule has 0 spiro atoms. The molecule has 26 heavy (non-hydrogen) atoms. The molecule has 0 bridgehead atoms. The van der Waals surface area contributed by atoms with E-state index in [2.05, 4.69) is 17.0 Å². The van der Waals surface area contributed by atoms with Crippen LogP contribution < -0.4 is 4.74 Å². The van der Waals surface area contributed by atoms with Gasteiger partial charge in [-0.25, -0.2) is 0 Å². The van der Waals surface area contributed by atoms with Gasteiger partial charge in [-0.15, -0.1) is 0 Å². The zero-order chi connectivity index (χ0) is 18.1. The third-order valence-corrected chi connectivity index (χ3v) is 5.67. The van der Waals surface area contributed by atoms with Gasteiger partial charge in [-0.05, 0) is 41.0 Å². The fourth-order valence-corrected chi connectivity index (χ4v) is 4.21. The summed E-state index contributed by atoms with van der Waals surface area (Å²) in [6.07, 6.45) is 0. The molecule has 6 heteroatoms. The first kappa shape index (κ1) is 17.1. The first-order valence-electron chi connectivity index (χ1n) is 8.60. The van der Waals surface area contributed by atoms with Crippen LogP contribution in [0.1, 0.15) is 27.0 Å². The van der Waals surface area contributed by atoms with Crippen LogP contribution in [-0.4, -0.2) is 40.4 Å². The Morgan fingerprint density at radius 3 is 2.58 bits per heavy atom. The normalized spacial score (nSPS) is 16.8. The van der Waals surface area contributed by atoms with Gasteiger partial charge in [0.15, 0.2) is 0 Å². The van der Waals surface area contributed by atoms with E-state index >= 15 is 0 Å². The summed E-state index contributed by atoms with van der Waals surface area (Å²) in [5.74, 6) is 1.36. The third-order valence-electron chi connectivity index (χ3n) is 4.81. The number of imide groups is 1. The van der Waals surface area contributed by atoms with E-state index in [1.165, 1.54) is 33.4 Å². The van der Waals surface area contributed by atoms with Gasteiger partial charge < -0.3 is 4.74 Å². The summed E-state index contributed by atoms with van der Waals surface area (Å²) in [5.41, 5.74) is 4.25. The average molecular weight is 368 g/mol. The minimum Gasteiger partial charge on any atom is -0.497 e. The molecule has 5 nitrogen and oxygen atoms in total. The second-order valence-corrected chi connectivity index (χ2v) is 7.59. The number of hydrogen-bond donors (Lipinski definition) is 0. The molecule has 0 saturated carbocycles. The zero-order valence-electron chi connectivity index (χ0n) is 14.6. The molecule has 2 aliphatic rings. The number of amides is 2. The number of ether oxygens (including phenoxy) is 1. The molecule has 1 saturated heterocycles. The van der Waals surface area contributed by atoms with Gasteiger partial charge in [0.1, 0.15) is 5.75 Å². The lowest BCUT2D eigenvalue weighted by molar-refractivity contribution is 0.0832. The van der Waals surface area contributed by atoms with Crippen molar-refractivity contribution in [1.82, 2.24) is 9.80 Å². The van der Waals surface area contributed by atoms with E-state index in [1.807, 2.05) is 30.3 Å². The quantitative estimate of drug-likeness (QED) is 0.826. The molecule has 4 rings (SSSR count). The summed E-state index contributed by atoms with van der Waals surface area (Å²) in [6, 6.07) is 13.9. The first-order valence-corrected chi connectivity index (χ1v) is 9.58. The Morgan fingerprint density at radius 1 is 1.12 bits per heavy atom. The highest BCUT2D eigenvalue weighted by molar-refractivity contribution is 8.13. The number of hydrogen-bond acceptors (Lipinski definition) is 5. The molecule has 0 radical (unpaired) electrons. The van der Waals surface area contributed by atoms with Gasteiger partial charge in [0.2, 0.25) is 0 Å². The van der Waals surface area contributed by atoms with Crippen molar-refractivity contribution in [3.63, 3.8) is 0 Å². The largest absolute Gasteiger partial charge is 0.497 e. The van der Waals surface area contributed by atoms with Gasteiger partial charge >= 0.3 is 0 Å². The van der Waals surface area contributed by atoms with E-state index in [0.717, 1.165) is 25.4 Å². The number of benzene rings is 2. The highest BCUT2D eigenvalue weighted by Gasteiger charge is 2.29. The minimum atomic E-state index is -0.184. The van der Waals surface area contributed by atoms with Crippen LogP contribution >= 0.6 is 11.8 Å². The molecular formula is C20H20N2O3S. The highest BCUT2D eigenvalue weighted by Crippen LogP contribution is 2.27. The van der Waals surface area contributed by atoms with Crippen LogP contribution in [0.3, 0.4) is 0 Å². The molecule has 0 N–H and O–H groups in total. The molecule has 134 valence electrons. The van der Waals surface area contributed by atoms with Crippen molar-refractivity contribution in [2.24, 2.45) is 0 Å². The van der Waals surface area contributed by atoms with Crippen LogP contribution in [0.25, 0.3) is 0 Å². The summed E-state index contributed by atoms with van der Waals surface area (Å²) >= 11 is 1.21. The van der Waals surface area contributed by atoms with Gasteiger partial charge in [0, 0.05) is 37.5 Å². The monoisotopic (exact) mass is 368 g/mol. The number of rotatable bonds is 4. The molecular weight excluding hydrogens is 348 g/mol. The van der Waals surface area contributed by atoms with Crippen molar-refractivity contribution in [3.05, 3.63) is 64.7 Å². The van der Waals surface area contributed by atoms with E-state index < -0.39 is 0 Å². The molecule has 2 aromatic rings. The van der Waals surface area contributed by atoms with Crippen molar-refractivity contribution < 1.29 is 14.3 Å². The number of fused-ring (bicyclic) bond motifs is 1. The van der Waals surface area contributed by atoms with Gasteiger partial charge in [-0.1, -0.05) is 30.0 Å². The first-order chi connectivity index (χ1) is 12.6. The van der Waals surface area contributed by atoms with Gasteiger partial charge in [0.05, 0.1) is 7.11 Å². The van der Waals surface area contributed by atoms with E-state index in [0.29, 0.717) is 17.9 Å². The van der Waals surface area contributed by atoms with E-state index in [9.17, 15) is 9.59 Å². The SMILES string of the molecule is COc1ccc(CN2Cc3ccc(C(=O)N4CCSC4=O)cc3C2)cc1. The summed E-state index contributed by atoms with van der Waals surface area (Å²) in [6.45, 7) is 3.03. The summed E-state index contributed by atoms with van der Waals surface area (Å²) in [5, 5.41) is -0.142. The van der Waals surface area contributed by atoms with Crippen molar-refractivity contribution in [1.29, 1.82) is 0 Å². The smallest absolute Gasteiger partial charge is 0.288 e. The van der Waals surface area contributed by atoms with E-state index in [-0.39, 0.29) is 11.1 Å². The minimum absolute atomic E-state index is 0.142. The maximum atomic E-state index is 12.6. The fourth-order valence-electron chi connectivity index (χ4n) is 3.43. The molecule has 2 amide bonds. The lowest BCUT2D eigenvalue weighted by Crippen LogP contribution is -2.30. The Bertz CT molecular complexity index is 851. The Balaban J connectivity index is 1.45. The van der Waals surface area contributed by atoms with Crippen LogP contribution in [0.4, 0.5) is 4.79 Å². The lowest BCUT2D eigenvalue weighted by Gasteiger charge is -2.15. The maximum absolute atomic E-state index is 12.6. The molecule has 0 atom stereocenters. The average Bonchev–Trinajstić information content (AvgIpc) is 3.26. The van der Waals surface area contributed by atoms with Crippen LogP contribution in [-0.2, 0) is 19.6 Å². The van der Waals surface area contributed by atoms with Crippen molar-refractivity contribution in [2.45, 2.75) is 19.6 Å². The van der Waals surface area contributed by atoms with Gasteiger partial charge in [-0.2, -0.15) is 0 Å². The fraction of sp³-hybridized carbons (Fsp3) is 0.300. The lowest BCUT2D eigenvalue weighted by atomic mass is 10.1. The predicted octanol–water partition coefficient (Wildman–Crippen LogP) is 3.52.